The highest BCUT2D eigenvalue weighted by atomic mass is 79.9. The predicted molar refractivity (Wildman–Crippen MR) is 86.2 cm³/mol. The van der Waals surface area contributed by atoms with Crippen LogP contribution in [0, 0.1) is 5.92 Å². The summed E-state index contributed by atoms with van der Waals surface area (Å²) in [4.78, 5) is 9.74. The Kier molecular flexibility index (Phi) is 4.29. The Labute approximate surface area is 130 Å². The summed E-state index contributed by atoms with van der Waals surface area (Å²) in [6, 6.07) is 0. The van der Waals surface area contributed by atoms with Crippen LogP contribution in [0.1, 0.15) is 75.7 Å². The lowest BCUT2D eigenvalue weighted by molar-refractivity contribution is 0.339. The van der Waals surface area contributed by atoms with Crippen LogP contribution >= 0.6 is 15.9 Å². The Morgan fingerprint density at radius 2 is 1.70 bits per heavy atom. The minimum atomic E-state index is 0.564. The first-order chi connectivity index (χ1) is 9.69. The third-order valence-corrected chi connectivity index (χ3v) is 5.37. The van der Waals surface area contributed by atoms with Crippen LogP contribution in [-0.2, 0) is 0 Å². The maximum Gasteiger partial charge on any atom is 0.144 e. The molecule has 3 nitrogen and oxygen atoms in total. The quantitative estimate of drug-likeness (QED) is 0.853. The fourth-order valence-electron chi connectivity index (χ4n) is 3.10. The van der Waals surface area contributed by atoms with Gasteiger partial charge >= 0.3 is 0 Å². The number of anilines is 1. The second-order valence-electron chi connectivity index (χ2n) is 6.39. The van der Waals surface area contributed by atoms with Crippen LogP contribution in [0.15, 0.2) is 4.47 Å². The SMILES string of the molecule is CCNc1nc(C2CCC(C)CC2)nc(C2CC2)c1Br. The van der Waals surface area contributed by atoms with E-state index in [0.29, 0.717) is 11.8 Å². The lowest BCUT2D eigenvalue weighted by atomic mass is 9.82. The summed E-state index contributed by atoms with van der Waals surface area (Å²) in [6.07, 6.45) is 7.69. The molecule has 2 fully saturated rings. The molecule has 0 atom stereocenters. The van der Waals surface area contributed by atoms with Gasteiger partial charge in [-0.15, -0.1) is 0 Å². The lowest BCUT2D eigenvalue weighted by Gasteiger charge is -2.26. The van der Waals surface area contributed by atoms with E-state index in [-0.39, 0.29) is 0 Å². The zero-order chi connectivity index (χ0) is 14.1. The van der Waals surface area contributed by atoms with E-state index < -0.39 is 0 Å². The number of nitrogens with one attached hydrogen (secondary N) is 1. The molecule has 110 valence electrons. The maximum atomic E-state index is 4.93. The third-order valence-electron chi connectivity index (χ3n) is 4.58. The second-order valence-corrected chi connectivity index (χ2v) is 7.18. The van der Waals surface area contributed by atoms with Crippen LogP contribution in [-0.4, -0.2) is 16.5 Å². The Morgan fingerprint density at radius 3 is 2.30 bits per heavy atom. The molecular formula is C16H24BrN3. The van der Waals surface area contributed by atoms with Crippen LogP contribution in [0.25, 0.3) is 0 Å². The van der Waals surface area contributed by atoms with Gasteiger partial charge in [0.2, 0.25) is 0 Å². The van der Waals surface area contributed by atoms with Gasteiger partial charge in [-0.25, -0.2) is 9.97 Å². The van der Waals surface area contributed by atoms with Gasteiger partial charge in [0.1, 0.15) is 11.6 Å². The highest BCUT2D eigenvalue weighted by Gasteiger charge is 2.31. The summed E-state index contributed by atoms with van der Waals surface area (Å²) in [6.45, 7) is 5.38. The summed E-state index contributed by atoms with van der Waals surface area (Å²) < 4.78 is 1.09. The molecule has 0 amide bonds. The summed E-state index contributed by atoms with van der Waals surface area (Å²) >= 11 is 3.70. The molecule has 0 radical (unpaired) electrons. The van der Waals surface area contributed by atoms with Crippen molar-refractivity contribution in [2.45, 2.75) is 64.2 Å². The van der Waals surface area contributed by atoms with Gasteiger partial charge in [-0.1, -0.05) is 19.8 Å². The van der Waals surface area contributed by atoms with E-state index in [4.69, 9.17) is 9.97 Å². The van der Waals surface area contributed by atoms with Crippen molar-refractivity contribution in [1.29, 1.82) is 0 Å². The predicted octanol–water partition coefficient (Wildman–Crippen LogP) is 4.84. The number of hydrogen-bond donors (Lipinski definition) is 1. The van der Waals surface area contributed by atoms with Gasteiger partial charge in [0, 0.05) is 18.4 Å². The summed E-state index contributed by atoms with van der Waals surface area (Å²) in [5.41, 5.74) is 1.24. The largest absolute Gasteiger partial charge is 0.369 e. The minimum absolute atomic E-state index is 0.564. The first kappa shape index (κ1) is 14.3. The molecule has 1 N–H and O–H groups in total. The van der Waals surface area contributed by atoms with Gasteiger partial charge in [0.15, 0.2) is 0 Å². The first-order valence-electron chi connectivity index (χ1n) is 8.00. The molecule has 1 aromatic heterocycles. The van der Waals surface area contributed by atoms with Crippen LogP contribution < -0.4 is 5.32 Å². The normalized spacial score (nSPS) is 26.6. The first-order valence-corrected chi connectivity index (χ1v) is 8.79. The van der Waals surface area contributed by atoms with E-state index in [9.17, 15) is 0 Å². The van der Waals surface area contributed by atoms with Crippen LogP contribution in [0.2, 0.25) is 0 Å². The highest BCUT2D eigenvalue weighted by Crippen LogP contribution is 2.45. The zero-order valence-electron chi connectivity index (χ0n) is 12.5. The van der Waals surface area contributed by atoms with E-state index in [1.54, 1.807) is 0 Å². The van der Waals surface area contributed by atoms with Crippen molar-refractivity contribution in [3.05, 3.63) is 16.0 Å². The Bertz CT molecular complexity index is 477. The third kappa shape index (κ3) is 3.00. The molecule has 2 aliphatic carbocycles. The van der Waals surface area contributed by atoms with Gasteiger partial charge in [-0.05, 0) is 54.5 Å². The molecule has 0 spiro atoms. The van der Waals surface area contributed by atoms with Crippen LogP contribution in [0.4, 0.5) is 5.82 Å². The molecule has 3 rings (SSSR count). The second kappa shape index (κ2) is 6.00. The van der Waals surface area contributed by atoms with Gasteiger partial charge < -0.3 is 5.32 Å². The zero-order valence-corrected chi connectivity index (χ0v) is 14.0. The van der Waals surface area contributed by atoms with E-state index in [0.717, 1.165) is 28.6 Å². The topological polar surface area (TPSA) is 37.8 Å². The molecule has 0 aliphatic heterocycles. The molecule has 20 heavy (non-hydrogen) atoms. The maximum absolute atomic E-state index is 4.93. The molecule has 4 heteroatoms. The van der Waals surface area contributed by atoms with Crippen molar-refractivity contribution >= 4 is 21.7 Å². The van der Waals surface area contributed by atoms with Crippen molar-refractivity contribution < 1.29 is 0 Å². The average molecular weight is 338 g/mol. The fourth-order valence-corrected chi connectivity index (χ4v) is 3.74. The standard InChI is InChI=1S/C16H24BrN3/c1-3-18-16-13(17)14(11-8-9-11)19-15(20-16)12-6-4-10(2)5-7-12/h10-12H,3-9H2,1-2H3,(H,18,19,20). The average Bonchev–Trinajstić information content (AvgIpc) is 3.27. The highest BCUT2D eigenvalue weighted by molar-refractivity contribution is 9.10. The minimum Gasteiger partial charge on any atom is -0.369 e. The molecule has 2 saturated carbocycles. The van der Waals surface area contributed by atoms with Crippen molar-refractivity contribution in [3.63, 3.8) is 0 Å². The van der Waals surface area contributed by atoms with Crippen molar-refractivity contribution in [3.8, 4) is 0 Å². The van der Waals surface area contributed by atoms with Gasteiger partial charge in [0.05, 0.1) is 10.2 Å². The molecule has 0 bridgehead atoms. The molecule has 0 saturated heterocycles. The molecule has 2 aliphatic rings. The smallest absolute Gasteiger partial charge is 0.144 e. The summed E-state index contributed by atoms with van der Waals surface area (Å²) in [7, 11) is 0. The number of hydrogen-bond acceptors (Lipinski definition) is 3. The summed E-state index contributed by atoms with van der Waals surface area (Å²) in [5, 5.41) is 3.39. The van der Waals surface area contributed by atoms with Crippen molar-refractivity contribution in [2.75, 3.05) is 11.9 Å². The van der Waals surface area contributed by atoms with E-state index in [1.165, 1.54) is 44.2 Å². The Hall–Kier alpha value is -0.640. The van der Waals surface area contributed by atoms with Crippen molar-refractivity contribution in [2.24, 2.45) is 5.92 Å². The molecular weight excluding hydrogens is 314 g/mol. The molecule has 0 aromatic carbocycles. The van der Waals surface area contributed by atoms with Gasteiger partial charge in [0.25, 0.3) is 0 Å². The number of halogens is 1. The van der Waals surface area contributed by atoms with Crippen molar-refractivity contribution in [1.82, 2.24) is 9.97 Å². The van der Waals surface area contributed by atoms with E-state index in [2.05, 4.69) is 35.1 Å². The van der Waals surface area contributed by atoms with E-state index in [1.807, 2.05) is 0 Å². The van der Waals surface area contributed by atoms with Crippen LogP contribution in [0.3, 0.4) is 0 Å². The number of rotatable bonds is 4. The number of nitrogens with zero attached hydrogens (tertiary/aromatic N) is 2. The Morgan fingerprint density at radius 1 is 1.05 bits per heavy atom. The summed E-state index contributed by atoms with van der Waals surface area (Å²) in [5.74, 6) is 4.18. The van der Waals surface area contributed by atoms with Gasteiger partial charge in [-0.3, -0.25) is 0 Å². The fraction of sp³-hybridized carbons (Fsp3) is 0.750. The van der Waals surface area contributed by atoms with Gasteiger partial charge in [-0.2, -0.15) is 0 Å². The monoisotopic (exact) mass is 337 g/mol. The lowest BCUT2D eigenvalue weighted by Crippen LogP contribution is -2.16. The molecule has 1 aromatic rings. The Balaban J connectivity index is 1.89. The molecule has 0 unspecified atom stereocenters. The van der Waals surface area contributed by atoms with E-state index >= 15 is 0 Å². The number of aromatic nitrogens is 2. The van der Waals surface area contributed by atoms with Crippen LogP contribution in [0.5, 0.6) is 0 Å². The molecule has 1 heterocycles.